The molecule has 5 N–H and O–H groups in total. The number of nitrogens with two attached hydrogens (primary N) is 1. The summed E-state index contributed by atoms with van der Waals surface area (Å²) in [5.74, 6) is -0.160. The Kier molecular flexibility index (Phi) is 8.40. The molecule has 15 heteroatoms. The summed E-state index contributed by atoms with van der Waals surface area (Å²) in [6, 6.07) is 7.47. The van der Waals surface area contributed by atoms with Gasteiger partial charge in [0.05, 0.1) is 27.2 Å². The Morgan fingerprint density at radius 3 is 2.40 bits per heavy atom. The van der Waals surface area contributed by atoms with E-state index < -0.39 is 42.0 Å². The topological polar surface area (TPSA) is 152 Å². The smallest absolute Gasteiger partial charge is 0.405 e. The average Bonchev–Trinajstić information content (AvgIpc) is 3.25. The maximum Gasteiger partial charge on any atom is 0.405 e. The fourth-order valence-electron chi connectivity index (χ4n) is 4.26. The lowest BCUT2D eigenvalue weighted by Gasteiger charge is -2.12. The molecule has 4 aromatic rings. The van der Waals surface area contributed by atoms with Crippen molar-refractivity contribution in [3.63, 3.8) is 0 Å². The number of carbonyl (C=O) groups excluding carboxylic acids is 2. The van der Waals surface area contributed by atoms with Crippen LogP contribution >= 0.6 is 11.6 Å². The van der Waals surface area contributed by atoms with Gasteiger partial charge in [-0.1, -0.05) is 36.2 Å². The van der Waals surface area contributed by atoms with Gasteiger partial charge in [0, 0.05) is 42.2 Å². The molecule has 0 fully saturated rings. The highest BCUT2D eigenvalue weighted by molar-refractivity contribution is 6.34. The molecule has 0 saturated carbocycles. The SMILES string of the molecule is C=C(F)C(=O)Nc1ccc(-c2c(-c3cnc(C(=O)NCC(F)(F)F)c(Cl)c3)c3c(N)ncc(C#CC(=O)O)c3n2C)cc1. The van der Waals surface area contributed by atoms with Gasteiger partial charge in [-0.15, -0.1) is 0 Å². The summed E-state index contributed by atoms with van der Waals surface area (Å²) >= 11 is 6.31. The molecule has 10 nitrogen and oxygen atoms in total. The van der Waals surface area contributed by atoms with Gasteiger partial charge in [0.25, 0.3) is 11.8 Å². The lowest BCUT2D eigenvalue weighted by molar-refractivity contribution is -0.130. The third kappa shape index (κ3) is 6.57. The van der Waals surface area contributed by atoms with Crippen molar-refractivity contribution in [3.05, 3.63) is 71.4 Å². The molecule has 0 aliphatic heterocycles. The van der Waals surface area contributed by atoms with Crippen molar-refractivity contribution in [2.24, 2.45) is 7.05 Å². The number of aryl methyl sites for hydroxylation is 1. The van der Waals surface area contributed by atoms with Gasteiger partial charge >= 0.3 is 12.1 Å². The van der Waals surface area contributed by atoms with Crippen LogP contribution in [0.15, 0.2) is 55.1 Å². The van der Waals surface area contributed by atoms with E-state index >= 15 is 0 Å². The van der Waals surface area contributed by atoms with Crippen LogP contribution in [-0.2, 0) is 16.6 Å². The van der Waals surface area contributed by atoms with E-state index in [4.69, 9.17) is 22.4 Å². The van der Waals surface area contributed by atoms with Crippen molar-refractivity contribution in [3.8, 4) is 34.2 Å². The number of aliphatic carboxylic acids is 1. The maximum atomic E-state index is 13.2. The van der Waals surface area contributed by atoms with E-state index in [1.807, 2.05) is 5.92 Å². The molecule has 0 radical (unpaired) electrons. The number of fused-ring (bicyclic) bond motifs is 1. The fraction of sp³-hybridized carbons (Fsp3) is 0.107. The van der Waals surface area contributed by atoms with E-state index in [-0.39, 0.29) is 27.7 Å². The Morgan fingerprint density at radius 2 is 1.81 bits per heavy atom. The number of rotatable bonds is 6. The molecule has 220 valence electrons. The second-order valence-electron chi connectivity index (χ2n) is 8.91. The van der Waals surface area contributed by atoms with Crippen molar-refractivity contribution < 1.29 is 37.1 Å². The predicted molar refractivity (Wildman–Crippen MR) is 151 cm³/mol. The van der Waals surface area contributed by atoms with Gasteiger partial charge in [0.2, 0.25) is 0 Å². The number of carbonyl (C=O) groups is 3. The third-order valence-corrected chi connectivity index (χ3v) is 6.29. The van der Waals surface area contributed by atoms with Crippen LogP contribution in [0, 0.1) is 11.8 Å². The highest BCUT2D eigenvalue weighted by atomic mass is 35.5. The van der Waals surface area contributed by atoms with Crippen LogP contribution in [0.2, 0.25) is 5.02 Å². The van der Waals surface area contributed by atoms with E-state index in [9.17, 15) is 31.9 Å². The molecule has 43 heavy (non-hydrogen) atoms. The second-order valence-corrected chi connectivity index (χ2v) is 9.31. The van der Waals surface area contributed by atoms with Crippen LogP contribution in [0.5, 0.6) is 0 Å². The number of anilines is 2. The van der Waals surface area contributed by atoms with Crippen molar-refractivity contribution in [2.75, 3.05) is 17.6 Å². The van der Waals surface area contributed by atoms with Gasteiger partial charge in [-0.3, -0.25) is 9.59 Å². The van der Waals surface area contributed by atoms with E-state index in [0.717, 1.165) is 0 Å². The van der Waals surface area contributed by atoms with Gasteiger partial charge in [0.15, 0.2) is 5.83 Å². The van der Waals surface area contributed by atoms with Gasteiger partial charge in [-0.05, 0) is 23.8 Å². The molecule has 0 atom stereocenters. The molecule has 2 amide bonds. The highest BCUT2D eigenvalue weighted by Crippen LogP contribution is 2.44. The first kappa shape index (κ1) is 30.5. The number of carboxylic acids is 1. The van der Waals surface area contributed by atoms with Crippen LogP contribution in [0.1, 0.15) is 16.1 Å². The molecule has 0 spiro atoms. The Morgan fingerprint density at radius 1 is 1.14 bits per heavy atom. The van der Waals surface area contributed by atoms with E-state index in [0.29, 0.717) is 27.7 Å². The van der Waals surface area contributed by atoms with E-state index in [1.165, 1.54) is 30.6 Å². The number of amides is 2. The van der Waals surface area contributed by atoms with Gasteiger partial charge in [0.1, 0.15) is 18.1 Å². The van der Waals surface area contributed by atoms with Crippen LogP contribution in [0.25, 0.3) is 33.3 Å². The number of nitrogens with one attached hydrogen (secondary N) is 2. The summed E-state index contributed by atoms with van der Waals surface area (Å²) in [5.41, 5.74) is 8.27. The standard InChI is InChI=1S/C28H19ClF4N6O4/c1-13(30)26(42)38-17-6-3-14(4-7-17)23-20(16-9-18(29)22(35-11-16)27(43)37-12-28(31,32)33)21-24(39(23)2)15(5-8-19(40)41)10-36-25(21)34/h3-4,6-7,9-11H,1,12H2,2H3,(H2,34,36)(H,37,43)(H,38,42)(H,40,41). The molecule has 0 saturated heterocycles. The van der Waals surface area contributed by atoms with Crippen molar-refractivity contribution in [2.45, 2.75) is 6.18 Å². The molecule has 4 rings (SSSR count). The first-order valence-electron chi connectivity index (χ1n) is 12.0. The minimum atomic E-state index is -4.65. The number of nitrogen functional groups attached to an aromatic ring is 1. The molecule has 0 bridgehead atoms. The monoisotopic (exact) mass is 614 g/mol. The summed E-state index contributed by atoms with van der Waals surface area (Å²) in [6.45, 7) is 1.36. The Hall–Kier alpha value is -5.42. The third-order valence-electron chi connectivity index (χ3n) is 6.00. The Labute approximate surface area is 245 Å². The molecule has 0 unspecified atom stereocenters. The zero-order valence-electron chi connectivity index (χ0n) is 21.9. The molecular weight excluding hydrogens is 596 g/mol. The largest absolute Gasteiger partial charge is 0.472 e. The van der Waals surface area contributed by atoms with E-state index in [2.05, 4.69) is 27.8 Å². The van der Waals surface area contributed by atoms with Crippen molar-refractivity contribution >= 4 is 51.8 Å². The summed E-state index contributed by atoms with van der Waals surface area (Å²) < 4.78 is 52.6. The van der Waals surface area contributed by atoms with Gasteiger partial charge < -0.3 is 26.0 Å². The summed E-state index contributed by atoms with van der Waals surface area (Å²) in [6.07, 6.45) is -2.14. The minimum absolute atomic E-state index is 0.0150. The summed E-state index contributed by atoms with van der Waals surface area (Å²) in [7, 11) is 1.64. The Balaban J connectivity index is 1.94. The number of nitrogens with zero attached hydrogens (tertiary/aromatic N) is 3. The van der Waals surface area contributed by atoms with Crippen LogP contribution in [0.4, 0.5) is 29.1 Å². The number of alkyl halides is 3. The first-order chi connectivity index (χ1) is 20.2. The molecule has 3 heterocycles. The predicted octanol–water partition coefficient (Wildman–Crippen LogP) is 4.69. The summed E-state index contributed by atoms with van der Waals surface area (Å²) in [5, 5.41) is 13.2. The molecule has 1 aromatic carbocycles. The number of pyridine rings is 2. The number of carboxylic acid groups (broad SMARTS) is 1. The first-order valence-corrected chi connectivity index (χ1v) is 12.3. The number of hydrogen-bond donors (Lipinski definition) is 4. The minimum Gasteiger partial charge on any atom is -0.472 e. The number of benzene rings is 1. The average molecular weight is 615 g/mol. The van der Waals surface area contributed by atoms with Crippen LogP contribution < -0.4 is 16.4 Å². The molecule has 0 aliphatic rings. The van der Waals surface area contributed by atoms with Crippen LogP contribution in [-0.4, -0.2) is 50.1 Å². The normalized spacial score (nSPS) is 11.0. The molecular formula is C28H19ClF4N6O4. The van der Waals surface area contributed by atoms with Crippen molar-refractivity contribution in [1.82, 2.24) is 19.9 Å². The van der Waals surface area contributed by atoms with Gasteiger partial charge in [-0.2, -0.15) is 13.2 Å². The maximum absolute atomic E-state index is 13.2. The Bertz CT molecular complexity index is 1870. The lowest BCUT2D eigenvalue weighted by atomic mass is 9.98. The van der Waals surface area contributed by atoms with Crippen LogP contribution in [0.3, 0.4) is 0 Å². The quantitative estimate of drug-likeness (QED) is 0.140. The van der Waals surface area contributed by atoms with Crippen molar-refractivity contribution in [1.29, 1.82) is 0 Å². The zero-order valence-corrected chi connectivity index (χ0v) is 22.7. The molecule has 0 aliphatic carbocycles. The van der Waals surface area contributed by atoms with E-state index in [1.54, 1.807) is 29.1 Å². The number of halogens is 5. The fourth-order valence-corrected chi connectivity index (χ4v) is 4.51. The lowest BCUT2D eigenvalue weighted by Crippen LogP contribution is -2.34. The second kappa shape index (κ2) is 11.8. The highest BCUT2D eigenvalue weighted by Gasteiger charge is 2.29. The number of hydrogen-bond acceptors (Lipinski definition) is 6. The van der Waals surface area contributed by atoms with Gasteiger partial charge in [-0.25, -0.2) is 19.2 Å². The molecule has 3 aromatic heterocycles. The number of aromatic nitrogens is 3. The zero-order chi connectivity index (χ0) is 31.6. The summed E-state index contributed by atoms with van der Waals surface area (Å²) in [4.78, 5) is 43.3.